The number of nitrogens with zero attached hydrogens (tertiary/aromatic N) is 2. The van der Waals surface area contributed by atoms with Gasteiger partial charge in [0.05, 0.1) is 0 Å². The molecule has 0 amide bonds. The first kappa shape index (κ1) is 14.9. The number of aromatic amines is 4. The SMILES string of the molecule is N#CC#N.O=c1[nH]c(=O)c2[nH]c(=O)[nH]c2[nH]1.[PbH2]. The Morgan fingerprint density at radius 1 is 0.824 bits per heavy atom. The van der Waals surface area contributed by atoms with Crippen LogP contribution < -0.4 is 16.9 Å². The zero-order chi connectivity index (χ0) is 12.1. The van der Waals surface area contributed by atoms with Gasteiger partial charge < -0.3 is 0 Å². The summed E-state index contributed by atoms with van der Waals surface area (Å²) < 4.78 is 0. The van der Waals surface area contributed by atoms with Crippen LogP contribution in [0.25, 0.3) is 11.2 Å². The summed E-state index contributed by atoms with van der Waals surface area (Å²) in [5.41, 5.74) is -1.65. The molecule has 0 aliphatic heterocycles. The third-order valence-electron chi connectivity index (χ3n) is 1.47. The van der Waals surface area contributed by atoms with Gasteiger partial charge in [0.2, 0.25) is 0 Å². The first-order valence-corrected chi connectivity index (χ1v) is 3.81. The van der Waals surface area contributed by atoms with E-state index in [-0.39, 0.29) is 38.5 Å². The van der Waals surface area contributed by atoms with E-state index in [2.05, 4.69) is 15.0 Å². The molecule has 0 saturated carbocycles. The molecule has 2 aromatic heterocycles. The molecule has 2 aromatic rings. The van der Waals surface area contributed by atoms with E-state index in [0.29, 0.717) is 0 Å². The van der Waals surface area contributed by atoms with Gasteiger partial charge in [-0.15, -0.1) is 0 Å². The Hall–Kier alpha value is -2.15. The third-order valence-corrected chi connectivity index (χ3v) is 1.47. The molecule has 0 aliphatic rings. The van der Waals surface area contributed by atoms with Gasteiger partial charge in [-0.3, -0.25) is 24.7 Å². The maximum absolute atomic E-state index is 10.9. The number of fused-ring (bicyclic) bond motifs is 1. The topological polar surface area (TPSA) is 162 Å². The molecule has 0 unspecified atom stereocenters. The number of nitrogens with one attached hydrogen (secondary N) is 4. The summed E-state index contributed by atoms with van der Waals surface area (Å²) in [6, 6.07) is 2.47. The van der Waals surface area contributed by atoms with Crippen molar-refractivity contribution in [2.24, 2.45) is 0 Å². The quantitative estimate of drug-likeness (QED) is 0.336. The molecule has 2 heterocycles. The van der Waals surface area contributed by atoms with E-state index in [9.17, 15) is 14.4 Å². The van der Waals surface area contributed by atoms with E-state index >= 15 is 0 Å². The second kappa shape index (κ2) is 6.44. The summed E-state index contributed by atoms with van der Waals surface area (Å²) in [5, 5.41) is 14.5. The standard InChI is InChI=1S/C5H4N4O3.C2N2.Pb.2H/c10-3-1-2(7-4(11)6-1)8-5(12)9-3;3-1-2-4;;;/h(H4,6,7,8,9,10,11,12);;;;. The predicted molar refractivity (Wildman–Crippen MR) is 59.9 cm³/mol. The van der Waals surface area contributed by atoms with Crippen molar-refractivity contribution in [3.05, 3.63) is 31.3 Å². The van der Waals surface area contributed by atoms with E-state index in [4.69, 9.17) is 10.5 Å². The minimum atomic E-state index is -0.650. The fraction of sp³-hybridized carbons (Fsp3) is 0. The van der Waals surface area contributed by atoms with E-state index in [0.717, 1.165) is 0 Å². The van der Waals surface area contributed by atoms with Gasteiger partial charge in [0.25, 0.3) is 5.56 Å². The van der Waals surface area contributed by atoms with Crippen molar-refractivity contribution in [3.8, 4) is 12.1 Å². The first-order valence-electron chi connectivity index (χ1n) is 3.81. The van der Waals surface area contributed by atoms with Crippen LogP contribution in [0.5, 0.6) is 0 Å². The van der Waals surface area contributed by atoms with Gasteiger partial charge in [-0.1, -0.05) is 0 Å². The summed E-state index contributed by atoms with van der Waals surface area (Å²) >= 11 is 0. The van der Waals surface area contributed by atoms with Gasteiger partial charge in [0, 0.05) is 0 Å². The summed E-state index contributed by atoms with van der Waals surface area (Å²) in [4.78, 5) is 41.0. The van der Waals surface area contributed by atoms with Crippen LogP contribution >= 0.6 is 0 Å². The van der Waals surface area contributed by atoms with Gasteiger partial charge in [-0.2, -0.15) is 10.5 Å². The maximum atomic E-state index is 10.9. The molecule has 0 fully saturated rings. The Morgan fingerprint density at radius 2 is 1.29 bits per heavy atom. The Labute approximate surface area is 112 Å². The van der Waals surface area contributed by atoms with Gasteiger partial charge in [0.1, 0.15) is 11.2 Å². The zero-order valence-corrected chi connectivity index (χ0v) is 13.8. The van der Waals surface area contributed by atoms with Crippen LogP contribution in [0.3, 0.4) is 0 Å². The van der Waals surface area contributed by atoms with Crippen molar-refractivity contribution in [3.63, 3.8) is 0 Å². The average Bonchev–Trinajstić information content (AvgIpc) is 2.59. The minimum absolute atomic E-state index is 0. The monoisotopic (exact) mass is 430 g/mol. The average molecular weight is 429 g/mol. The summed E-state index contributed by atoms with van der Waals surface area (Å²) in [6.07, 6.45) is 0. The molecule has 86 valence electrons. The van der Waals surface area contributed by atoms with Crippen LogP contribution in [0.4, 0.5) is 0 Å². The molecule has 0 bridgehead atoms. The number of imidazole rings is 1. The Balaban J connectivity index is 0.000000453. The molecule has 10 heteroatoms. The second-order valence-electron chi connectivity index (χ2n) is 2.46. The molecule has 0 saturated heterocycles. The summed E-state index contributed by atoms with van der Waals surface area (Å²) in [5.74, 6) is 0. The molecular formula is C7H6N6O3Pb. The van der Waals surface area contributed by atoms with Crippen molar-refractivity contribution in [1.82, 2.24) is 19.9 Å². The van der Waals surface area contributed by atoms with Crippen LogP contribution in [-0.2, 0) is 0 Å². The summed E-state index contributed by atoms with van der Waals surface area (Å²) in [7, 11) is 0. The van der Waals surface area contributed by atoms with Gasteiger partial charge in [0.15, 0.2) is 12.1 Å². The molecule has 9 nitrogen and oxygen atoms in total. The van der Waals surface area contributed by atoms with Crippen LogP contribution in [0.2, 0.25) is 0 Å². The molecule has 0 atom stereocenters. The number of hydrogen-bond acceptors (Lipinski definition) is 5. The first-order chi connectivity index (χ1) is 7.58. The molecule has 4 N–H and O–H groups in total. The van der Waals surface area contributed by atoms with Crippen LogP contribution in [0, 0.1) is 22.7 Å². The van der Waals surface area contributed by atoms with Crippen LogP contribution in [-0.4, -0.2) is 47.2 Å². The van der Waals surface area contributed by atoms with Gasteiger partial charge >= 0.3 is 38.7 Å². The van der Waals surface area contributed by atoms with Crippen molar-refractivity contribution >= 4 is 38.5 Å². The molecule has 0 aliphatic carbocycles. The molecule has 17 heavy (non-hydrogen) atoms. The number of H-pyrrole nitrogens is 4. The molecular weight excluding hydrogens is 423 g/mol. The van der Waals surface area contributed by atoms with Gasteiger partial charge in [-0.25, -0.2) is 9.59 Å². The fourth-order valence-electron chi connectivity index (χ4n) is 0.958. The molecule has 0 spiro atoms. The number of aromatic nitrogens is 4. The fourth-order valence-corrected chi connectivity index (χ4v) is 0.958. The molecule has 2 radical (unpaired) electrons. The van der Waals surface area contributed by atoms with Crippen molar-refractivity contribution in [1.29, 1.82) is 10.5 Å². The number of hydrogen-bond donors (Lipinski definition) is 4. The molecule has 2 rings (SSSR count). The van der Waals surface area contributed by atoms with Gasteiger partial charge in [-0.05, 0) is 0 Å². The molecule has 0 aromatic carbocycles. The number of rotatable bonds is 0. The Bertz CT molecular complexity index is 739. The van der Waals surface area contributed by atoms with E-state index in [1.807, 2.05) is 4.98 Å². The van der Waals surface area contributed by atoms with Crippen LogP contribution in [0.1, 0.15) is 0 Å². The Morgan fingerprint density at radius 3 is 1.76 bits per heavy atom. The normalized spacial score (nSPS) is 8.12. The Kier molecular flexibility index (Phi) is 5.62. The van der Waals surface area contributed by atoms with Crippen molar-refractivity contribution in [2.75, 3.05) is 0 Å². The van der Waals surface area contributed by atoms with Crippen LogP contribution in [0.15, 0.2) is 14.4 Å². The summed E-state index contributed by atoms with van der Waals surface area (Å²) in [6.45, 7) is 0. The van der Waals surface area contributed by atoms with Crippen molar-refractivity contribution in [2.45, 2.75) is 0 Å². The number of nitriles is 2. The van der Waals surface area contributed by atoms with E-state index in [1.165, 1.54) is 12.1 Å². The second-order valence-corrected chi connectivity index (χ2v) is 2.46. The van der Waals surface area contributed by atoms with E-state index in [1.54, 1.807) is 0 Å². The predicted octanol–water partition coefficient (Wildman–Crippen LogP) is -2.65. The van der Waals surface area contributed by atoms with Crippen molar-refractivity contribution < 1.29 is 0 Å². The zero-order valence-electron chi connectivity index (χ0n) is 8.33. The third kappa shape index (κ3) is 3.73. The van der Waals surface area contributed by atoms with E-state index < -0.39 is 16.9 Å².